The van der Waals surface area contributed by atoms with Gasteiger partial charge < -0.3 is 4.90 Å². The van der Waals surface area contributed by atoms with Crippen LogP contribution in [0.5, 0.6) is 0 Å². The van der Waals surface area contributed by atoms with Crippen LogP contribution >= 0.6 is 24.0 Å². The molecule has 1 aromatic rings. The Hall–Kier alpha value is -0.480. The molecule has 0 atom stereocenters. The monoisotopic (exact) mass is 215 g/mol. The number of thiol groups is 1. The van der Waals surface area contributed by atoms with Crippen molar-refractivity contribution in [1.82, 2.24) is 4.90 Å². The minimum Gasteiger partial charge on any atom is -0.340 e. The Kier molecular flexibility index (Phi) is 3.81. The van der Waals surface area contributed by atoms with E-state index in [4.69, 9.17) is 0 Å². The van der Waals surface area contributed by atoms with Gasteiger partial charge in [0.15, 0.2) is 0 Å². The second-order valence-corrected chi connectivity index (χ2v) is 4.25. The Labute approximate surface area is 88.0 Å². The van der Waals surface area contributed by atoms with Crippen molar-refractivity contribution in [2.75, 3.05) is 12.8 Å². The van der Waals surface area contributed by atoms with E-state index >= 15 is 0 Å². The summed E-state index contributed by atoms with van der Waals surface area (Å²) in [7, 11) is 1.80. The Balaban J connectivity index is 2.59. The van der Waals surface area contributed by atoms with Gasteiger partial charge in [-0.25, -0.2) is 0 Å². The standard InChI is InChI=1S/C9H13NOS2/c1-7-3-4-13-8(7)5-10(2)9(11)6-12/h3-4,12H,5-6H2,1-2H3. The molecule has 0 fully saturated rings. The van der Waals surface area contributed by atoms with Gasteiger partial charge in [0.05, 0.1) is 12.3 Å². The summed E-state index contributed by atoms with van der Waals surface area (Å²) in [6.07, 6.45) is 0. The number of rotatable bonds is 3. The minimum atomic E-state index is 0.0659. The molecule has 0 saturated heterocycles. The van der Waals surface area contributed by atoms with Crippen LogP contribution in [-0.4, -0.2) is 23.6 Å². The van der Waals surface area contributed by atoms with E-state index < -0.39 is 0 Å². The van der Waals surface area contributed by atoms with E-state index in [-0.39, 0.29) is 11.7 Å². The van der Waals surface area contributed by atoms with Gasteiger partial charge in [0.2, 0.25) is 5.91 Å². The molecular formula is C9H13NOS2. The lowest BCUT2D eigenvalue weighted by Gasteiger charge is -2.15. The lowest BCUT2D eigenvalue weighted by molar-refractivity contribution is -0.127. The average Bonchev–Trinajstić information content (AvgIpc) is 2.50. The molecule has 0 aliphatic rings. The molecule has 13 heavy (non-hydrogen) atoms. The smallest absolute Gasteiger partial charge is 0.232 e. The van der Waals surface area contributed by atoms with Gasteiger partial charge in [-0.15, -0.1) is 11.3 Å². The van der Waals surface area contributed by atoms with Crippen LogP contribution in [0.15, 0.2) is 11.4 Å². The van der Waals surface area contributed by atoms with Crippen molar-refractivity contribution in [3.05, 3.63) is 21.9 Å². The molecule has 0 radical (unpaired) electrons. The average molecular weight is 215 g/mol. The molecule has 0 saturated carbocycles. The number of hydrogen-bond donors (Lipinski definition) is 1. The zero-order valence-electron chi connectivity index (χ0n) is 7.78. The predicted octanol–water partition coefficient (Wildman–Crippen LogP) is 1.94. The topological polar surface area (TPSA) is 20.3 Å². The van der Waals surface area contributed by atoms with Crippen molar-refractivity contribution < 1.29 is 4.79 Å². The van der Waals surface area contributed by atoms with Crippen molar-refractivity contribution in [3.8, 4) is 0 Å². The second kappa shape index (κ2) is 4.67. The van der Waals surface area contributed by atoms with Crippen LogP contribution in [-0.2, 0) is 11.3 Å². The van der Waals surface area contributed by atoms with Crippen molar-refractivity contribution in [2.24, 2.45) is 0 Å². The van der Waals surface area contributed by atoms with Gasteiger partial charge in [0.1, 0.15) is 0 Å². The quantitative estimate of drug-likeness (QED) is 0.764. The number of carbonyl (C=O) groups excluding carboxylic acids is 1. The highest BCUT2D eigenvalue weighted by atomic mass is 32.1. The molecule has 0 aliphatic carbocycles. The molecule has 0 aliphatic heterocycles. The summed E-state index contributed by atoms with van der Waals surface area (Å²) >= 11 is 5.63. The van der Waals surface area contributed by atoms with Crippen molar-refractivity contribution in [3.63, 3.8) is 0 Å². The number of nitrogens with zero attached hydrogens (tertiary/aromatic N) is 1. The first-order valence-electron chi connectivity index (χ1n) is 4.03. The van der Waals surface area contributed by atoms with E-state index in [1.807, 2.05) is 5.38 Å². The molecule has 4 heteroatoms. The molecule has 72 valence electrons. The summed E-state index contributed by atoms with van der Waals surface area (Å²) in [4.78, 5) is 14.2. The molecule has 2 nitrogen and oxygen atoms in total. The molecule has 0 spiro atoms. The van der Waals surface area contributed by atoms with Crippen LogP contribution in [0, 0.1) is 6.92 Å². The third-order valence-electron chi connectivity index (χ3n) is 1.91. The second-order valence-electron chi connectivity index (χ2n) is 2.93. The van der Waals surface area contributed by atoms with Crippen molar-refractivity contribution in [2.45, 2.75) is 13.5 Å². The van der Waals surface area contributed by atoms with Gasteiger partial charge >= 0.3 is 0 Å². The number of carbonyl (C=O) groups is 1. The maximum absolute atomic E-state index is 11.2. The zero-order chi connectivity index (χ0) is 9.84. The van der Waals surface area contributed by atoms with E-state index in [2.05, 4.69) is 25.6 Å². The highest BCUT2D eigenvalue weighted by molar-refractivity contribution is 7.81. The largest absolute Gasteiger partial charge is 0.340 e. The van der Waals surface area contributed by atoms with Gasteiger partial charge in [-0.2, -0.15) is 12.6 Å². The van der Waals surface area contributed by atoms with E-state index in [0.29, 0.717) is 6.54 Å². The summed E-state index contributed by atoms with van der Waals surface area (Å²) in [6.45, 7) is 2.76. The molecule has 0 unspecified atom stereocenters. The lowest BCUT2D eigenvalue weighted by Crippen LogP contribution is -2.26. The molecule has 0 aromatic carbocycles. The Morgan fingerprint density at radius 1 is 1.69 bits per heavy atom. The third kappa shape index (κ3) is 2.74. The molecule has 1 aromatic heterocycles. The van der Waals surface area contributed by atoms with E-state index in [0.717, 1.165) is 0 Å². The van der Waals surface area contributed by atoms with Crippen LogP contribution in [0.2, 0.25) is 0 Å². The Bertz CT molecular complexity index is 296. The van der Waals surface area contributed by atoms with Gasteiger partial charge in [-0.1, -0.05) is 0 Å². The van der Waals surface area contributed by atoms with Crippen molar-refractivity contribution in [1.29, 1.82) is 0 Å². The van der Waals surface area contributed by atoms with Crippen LogP contribution in [0.25, 0.3) is 0 Å². The molecule has 1 amide bonds. The first kappa shape index (κ1) is 10.6. The van der Waals surface area contributed by atoms with Gasteiger partial charge in [0, 0.05) is 11.9 Å². The fourth-order valence-electron chi connectivity index (χ4n) is 0.990. The fraction of sp³-hybridized carbons (Fsp3) is 0.444. The van der Waals surface area contributed by atoms with E-state index in [1.165, 1.54) is 10.4 Å². The normalized spacial score (nSPS) is 10.1. The van der Waals surface area contributed by atoms with Gasteiger partial charge in [-0.3, -0.25) is 4.79 Å². The highest BCUT2D eigenvalue weighted by Gasteiger charge is 2.08. The van der Waals surface area contributed by atoms with E-state index in [1.54, 1.807) is 23.3 Å². The first-order valence-corrected chi connectivity index (χ1v) is 5.54. The van der Waals surface area contributed by atoms with Gasteiger partial charge in [-0.05, 0) is 23.9 Å². The van der Waals surface area contributed by atoms with Crippen LogP contribution < -0.4 is 0 Å². The van der Waals surface area contributed by atoms with E-state index in [9.17, 15) is 4.79 Å². The summed E-state index contributed by atoms with van der Waals surface area (Å²) in [5.41, 5.74) is 1.25. The van der Waals surface area contributed by atoms with Gasteiger partial charge in [0.25, 0.3) is 0 Å². The fourth-order valence-corrected chi connectivity index (χ4v) is 2.19. The SMILES string of the molecule is Cc1ccsc1CN(C)C(=O)CS. The molecule has 0 bridgehead atoms. The predicted molar refractivity (Wildman–Crippen MR) is 59.4 cm³/mol. The maximum Gasteiger partial charge on any atom is 0.232 e. The number of amides is 1. The molecule has 0 N–H and O–H groups in total. The first-order chi connectivity index (χ1) is 6.15. The number of aryl methyl sites for hydroxylation is 1. The zero-order valence-corrected chi connectivity index (χ0v) is 9.49. The third-order valence-corrected chi connectivity index (χ3v) is 3.19. The maximum atomic E-state index is 11.2. The summed E-state index contributed by atoms with van der Waals surface area (Å²) < 4.78 is 0. The van der Waals surface area contributed by atoms with Crippen LogP contribution in [0.1, 0.15) is 10.4 Å². The summed E-state index contributed by atoms with van der Waals surface area (Å²) in [5.74, 6) is 0.345. The number of thiophene rings is 1. The summed E-state index contributed by atoms with van der Waals surface area (Å²) in [6, 6.07) is 2.07. The highest BCUT2D eigenvalue weighted by Crippen LogP contribution is 2.17. The number of hydrogen-bond acceptors (Lipinski definition) is 3. The summed E-state index contributed by atoms with van der Waals surface area (Å²) in [5, 5.41) is 2.05. The van der Waals surface area contributed by atoms with Crippen LogP contribution in [0.3, 0.4) is 0 Å². The molecule has 1 heterocycles. The molecular weight excluding hydrogens is 202 g/mol. The van der Waals surface area contributed by atoms with Crippen LogP contribution in [0.4, 0.5) is 0 Å². The van der Waals surface area contributed by atoms with Crippen molar-refractivity contribution >= 4 is 29.9 Å². The minimum absolute atomic E-state index is 0.0659. The Morgan fingerprint density at radius 2 is 2.38 bits per heavy atom. The molecule has 1 rings (SSSR count). The lowest BCUT2D eigenvalue weighted by atomic mass is 10.3. The Morgan fingerprint density at radius 3 is 2.85 bits per heavy atom.